The number of aryl methyl sites for hydroxylation is 1. The average molecular weight is 338 g/mol. The highest BCUT2D eigenvalue weighted by Gasteiger charge is 2.34. The van der Waals surface area contributed by atoms with Crippen LogP contribution < -0.4 is 5.32 Å². The second-order valence-electron chi connectivity index (χ2n) is 7.15. The lowest BCUT2D eigenvalue weighted by Gasteiger charge is -2.31. The molecule has 1 aliphatic rings. The summed E-state index contributed by atoms with van der Waals surface area (Å²) in [5, 5.41) is 2.91. The zero-order valence-corrected chi connectivity index (χ0v) is 15.2. The van der Waals surface area contributed by atoms with E-state index in [0.717, 1.165) is 25.7 Å². The first-order valence-corrected chi connectivity index (χ1v) is 9.09. The van der Waals surface area contributed by atoms with E-state index in [1.165, 1.54) is 17.8 Å². The van der Waals surface area contributed by atoms with E-state index in [1.54, 1.807) is 12.4 Å². The van der Waals surface area contributed by atoms with E-state index in [-0.39, 0.29) is 17.8 Å². The van der Waals surface area contributed by atoms with Crippen molar-refractivity contribution in [2.24, 2.45) is 5.92 Å². The third-order valence-electron chi connectivity index (χ3n) is 4.02. The van der Waals surface area contributed by atoms with Crippen molar-refractivity contribution in [3.05, 3.63) is 16.1 Å². The minimum absolute atomic E-state index is 0.149. The Labute approximate surface area is 141 Å². The zero-order valence-electron chi connectivity index (χ0n) is 14.3. The third-order valence-corrected chi connectivity index (χ3v) is 4.95. The molecule has 0 bridgehead atoms. The maximum absolute atomic E-state index is 12.6. The van der Waals surface area contributed by atoms with Crippen molar-refractivity contribution in [1.29, 1.82) is 0 Å². The summed E-state index contributed by atoms with van der Waals surface area (Å²) in [4.78, 5) is 29.8. The van der Waals surface area contributed by atoms with Gasteiger partial charge in [0, 0.05) is 0 Å². The smallest absolute Gasteiger partial charge is 0.329 e. The number of ether oxygens (including phenoxy) is 1. The molecule has 0 aliphatic heterocycles. The number of carbonyl (C=O) groups excluding carboxylic acids is 2. The van der Waals surface area contributed by atoms with Crippen molar-refractivity contribution < 1.29 is 14.3 Å². The minimum atomic E-state index is -0.580. The van der Waals surface area contributed by atoms with E-state index in [2.05, 4.69) is 10.3 Å². The fraction of sp³-hybridized carbons (Fsp3) is 0.706. The van der Waals surface area contributed by atoms with Gasteiger partial charge in [-0.1, -0.05) is 19.3 Å². The summed E-state index contributed by atoms with van der Waals surface area (Å²) in [6, 6.07) is -0.580. The van der Waals surface area contributed by atoms with Crippen LogP contribution in [0.5, 0.6) is 0 Å². The van der Waals surface area contributed by atoms with Gasteiger partial charge in [0.15, 0.2) is 0 Å². The number of aromatic nitrogens is 1. The van der Waals surface area contributed by atoms with Crippen LogP contribution in [0.1, 0.15) is 68.2 Å². The molecule has 0 unspecified atom stereocenters. The molecule has 1 saturated carbocycles. The first-order chi connectivity index (χ1) is 10.8. The Bertz CT molecular complexity index is 556. The van der Waals surface area contributed by atoms with Gasteiger partial charge in [0.05, 0.1) is 11.2 Å². The highest BCUT2D eigenvalue weighted by atomic mass is 32.1. The van der Waals surface area contributed by atoms with Crippen LogP contribution in [0, 0.1) is 12.8 Å². The Morgan fingerprint density at radius 3 is 2.48 bits per heavy atom. The number of nitrogens with one attached hydrogen (secondary N) is 1. The number of amides is 1. The van der Waals surface area contributed by atoms with Crippen LogP contribution in [0.4, 0.5) is 0 Å². The first kappa shape index (κ1) is 17.9. The number of nitrogens with zero attached hydrogens (tertiary/aromatic N) is 1. The molecule has 0 saturated heterocycles. The number of hydrogen-bond acceptors (Lipinski definition) is 5. The molecule has 1 N–H and O–H groups in total. The Morgan fingerprint density at radius 1 is 1.30 bits per heavy atom. The van der Waals surface area contributed by atoms with Gasteiger partial charge in [-0.25, -0.2) is 9.78 Å². The summed E-state index contributed by atoms with van der Waals surface area (Å²) in [7, 11) is 0. The summed E-state index contributed by atoms with van der Waals surface area (Å²) in [6.45, 7) is 7.34. The van der Waals surface area contributed by atoms with Crippen molar-refractivity contribution in [2.45, 2.75) is 71.4 Å². The van der Waals surface area contributed by atoms with Crippen molar-refractivity contribution in [3.8, 4) is 0 Å². The van der Waals surface area contributed by atoms with Gasteiger partial charge in [0.1, 0.15) is 16.5 Å². The van der Waals surface area contributed by atoms with Crippen LogP contribution in [-0.2, 0) is 9.53 Å². The van der Waals surface area contributed by atoms with Gasteiger partial charge in [-0.15, -0.1) is 11.3 Å². The second kappa shape index (κ2) is 7.43. The SMILES string of the molecule is Cc1ncsc1C(=O)N[C@H](C(=O)OC(C)(C)C)C1CCCCC1. The normalized spacial score (nSPS) is 17.6. The Morgan fingerprint density at radius 2 is 1.96 bits per heavy atom. The second-order valence-corrected chi connectivity index (χ2v) is 8.00. The molecule has 1 aromatic heterocycles. The van der Waals surface area contributed by atoms with Crippen LogP contribution in [0.3, 0.4) is 0 Å². The van der Waals surface area contributed by atoms with Crippen LogP contribution in [0.15, 0.2) is 5.51 Å². The molecule has 128 valence electrons. The highest BCUT2D eigenvalue weighted by Crippen LogP contribution is 2.28. The summed E-state index contributed by atoms with van der Waals surface area (Å²) < 4.78 is 5.54. The lowest BCUT2D eigenvalue weighted by atomic mass is 9.83. The molecule has 0 aromatic carbocycles. The van der Waals surface area contributed by atoms with Gasteiger partial charge < -0.3 is 10.1 Å². The van der Waals surface area contributed by atoms with E-state index in [4.69, 9.17) is 4.74 Å². The van der Waals surface area contributed by atoms with Gasteiger partial charge in [0.2, 0.25) is 0 Å². The number of esters is 1. The summed E-state index contributed by atoms with van der Waals surface area (Å²) in [5.74, 6) is -0.415. The van der Waals surface area contributed by atoms with E-state index in [9.17, 15) is 9.59 Å². The molecule has 1 atom stereocenters. The van der Waals surface area contributed by atoms with Crippen LogP contribution >= 0.6 is 11.3 Å². The molecule has 6 heteroatoms. The molecule has 2 rings (SSSR count). The third kappa shape index (κ3) is 5.03. The maximum Gasteiger partial charge on any atom is 0.329 e. The molecule has 5 nitrogen and oxygen atoms in total. The van der Waals surface area contributed by atoms with E-state index in [0.29, 0.717) is 10.6 Å². The lowest BCUT2D eigenvalue weighted by Crippen LogP contribution is -2.49. The predicted octanol–water partition coefficient (Wildman–Crippen LogP) is 3.47. The zero-order chi connectivity index (χ0) is 17.0. The van der Waals surface area contributed by atoms with Crippen molar-refractivity contribution >= 4 is 23.2 Å². The van der Waals surface area contributed by atoms with Gasteiger partial charge in [-0.05, 0) is 46.5 Å². The maximum atomic E-state index is 12.6. The Kier molecular flexibility index (Phi) is 5.79. The molecular formula is C17H26N2O3S. The van der Waals surface area contributed by atoms with Gasteiger partial charge >= 0.3 is 5.97 Å². The fourth-order valence-corrected chi connectivity index (χ4v) is 3.63. The topological polar surface area (TPSA) is 68.3 Å². The van der Waals surface area contributed by atoms with Crippen LogP contribution in [0.2, 0.25) is 0 Å². The Balaban J connectivity index is 2.14. The molecule has 0 spiro atoms. The Hall–Kier alpha value is -1.43. The van der Waals surface area contributed by atoms with E-state index < -0.39 is 11.6 Å². The molecule has 23 heavy (non-hydrogen) atoms. The first-order valence-electron chi connectivity index (χ1n) is 8.22. The van der Waals surface area contributed by atoms with Crippen LogP contribution in [0.25, 0.3) is 0 Å². The molecular weight excluding hydrogens is 312 g/mol. The standard InChI is InChI=1S/C17H26N2O3S/c1-11-14(23-10-18-11)15(20)19-13(12-8-6-5-7-9-12)16(21)22-17(2,3)4/h10,12-13H,5-9H2,1-4H3,(H,19,20)/t13-/m0/s1. The molecule has 1 amide bonds. The molecule has 1 aliphatic carbocycles. The largest absolute Gasteiger partial charge is 0.458 e. The van der Waals surface area contributed by atoms with Crippen molar-refractivity contribution in [1.82, 2.24) is 10.3 Å². The molecule has 1 aromatic rings. The van der Waals surface area contributed by atoms with Crippen molar-refractivity contribution in [3.63, 3.8) is 0 Å². The monoisotopic (exact) mass is 338 g/mol. The average Bonchev–Trinajstić information content (AvgIpc) is 2.90. The fourth-order valence-electron chi connectivity index (χ4n) is 2.93. The highest BCUT2D eigenvalue weighted by molar-refractivity contribution is 7.11. The van der Waals surface area contributed by atoms with E-state index >= 15 is 0 Å². The molecule has 0 radical (unpaired) electrons. The van der Waals surface area contributed by atoms with Gasteiger partial charge in [0.25, 0.3) is 5.91 Å². The molecule has 1 heterocycles. The summed E-state index contributed by atoms with van der Waals surface area (Å²) >= 11 is 1.30. The number of hydrogen-bond donors (Lipinski definition) is 1. The number of rotatable bonds is 4. The molecule has 1 fully saturated rings. The lowest BCUT2D eigenvalue weighted by molar-refractivity contribution is -0.159. The van der Waals surface area contributed by atoms with Gasteiger partial charge in [-0.3, -0.25) is 4.79 Å². The predicted molar refractivity (Wildman–Crippen MR) is 90.5 cm³/mol. The van der Waals surface area contributed by atoms with Crippen LogP contribution in [-0.4, -0.2) is 28.5 Å². The van der Waals surface area contributed by atoms with Crippen molar-refractivity contribution in [2.75, 3.05) is 0 Å². The summed E-state index contributed by atoms with van der Waals surface area (Å²) in [5.41, 5.74) is 1.78. The quantitative estimate of drug-likeness (QED) is 0.854. The van der Waals surface area contributed by atoms with E-state index in [1.807, 2.05) is 20.8 Å². The number of thiazole rings is 1. The summed E-state index contributed by atoms with van der Waals surface area (Å²) in [6.07, 6.45) is 5.29. The minimum Gasteiger partial charge on any atom is -0.458 e. The number of carbonyl (C=O) groups is 2. The van der Waals surface area contributed by atoms with Gasteiger partial charge in [-0.2, -0.15) is 0 Å².